The number of nitrogens with zero attached hydrogens (tertiary/aromatic N) is 1. The van der Waals surface area contributed by atoms with Crippen molar-refractivity contribution in [1.29, 1.82) is 0 Å². The van der Waals surface area contributed by atoms with E-state index in [0.717, 1.165) is 5.52 Å². The fourth-order valence-electron chi connectivity index (χ4n) is 4.79. The van der Waals surface area contributed by atoms with E-state index in [1.54, 1.807) is 0 Å². The van der Waals surface area contributed by atoms with Crippen LogP contribution in [0.2, 0.25) is 0 Å². The molecule has 0 radical (unpaired) electrons. The fourth-order valence-corrected chi connectivity index (χ4v) is 4.79. The Morgan fingerprint density at radius 2 is 1.11 bits per heavy atom. The lowest BCUT2D eigenvalue weighted by molar-refractivity contribution is 0.592. The average molecular weight is 359 g/mol. The fraction of sp³-hybridized carbons (Fsp3) is 0.148. The monoisotopic (exact) mass is 359 g/mol. The van der Waals surface area contributed by atoms with Crippen molar-refractivity contribution in [2.45, 2.75) is 26.2 Å². The van der Waals surface area contributed by atoms with Gasteiger partial charge in [-0.1, -0.05) is 69.3 Å². The molecule has 134 valence electrons. The van der Waals surface area contributed by atoms with Crippen LogP contribution >= 0.6 is 0 Å². The highest BCUT2D eigenvalue weighted by Gasteiger charge is 2.21. The molecule has 1 nitrogen and oxygen atoms in total. The van der Waals surface area contributed by atoms with Crippen LogP contribution in [-0.2, 0) is 5.41 Å². The third-order valence-corrected chi connectivity index (χ3v) is 6.19. The first-order valence-electron chi connectivity index (χ1n) is 9.91. The zero-order chi connectivity index (χ0) is 19.0. The van der Waals surface area contributed by atoms with E-state index in [1.165, 1.54) is 54.0 Å². The molecular weight excluding hydrogens is 338 g/mol. The minimum atomic E-state index is 0.0882. The Morgan fingerprint density at radius 1 is 0.571 bits per heavy atom. The SMILES string of the molecule is CC(C)(C)c1cc2c3ccccc3c3ccnc4c5ccccc5c(c1)c2c34. The minimum Gasteiger partial charge on any atom is -0.256 e. The van der Waals surface area contributed by atoms with E-state index in [2.05, 4.69) is 87.5 Å². The van der Waals surface area contributed by atoms with Crippen LogP contribution in [0.5, 0.6) is 0 Å². The van der Waals surface area contributed by atoms with E-state index in [4.69, 9.17) is 4.98 Å². The molecule has 0 bridgehead atoms. The summed E-state index contributed by atoms with van der Waals surface area (Å²) >= 11 is 0. The maximum atomic E-state index is 4.84. The second-order valence-corrected chi connectivity index (χ2v) is 8.87. The molecule has 0 fully saturated rings. The molecule has 1 aromatic heterocycles. The first-order valence-corrected chi connectivity index (χ1v) is 9.91. The maximum Gasteiger partial charge on any atom is 0.0793 e. The van der Waals surface area contributed by atoms with Crippen molar-refractivity contribution in [3.8, 4) is 0 Å². The van der Waals surface area contributed by atoms with E-state index in [1.807, 2.05) is 6.20 Å². The molecule has 6 aromatic rings. The quantitative estimate of drug-likeness (QED) is 0.201. The Bertz CT molecular complexity index is 1430. The van der Waals surface area contributed by atoms with Gasteiger partial charge in [0.15, 0.2) is 0 Å². The standard InChI is InChI=1S/C27H21N/c1-27(2,3)16-14-22-18-9-5-4-8-17(18)20-12-13-28-26-21-11-7-6-10-19(21)23(15-16)24(22)25(20)26/h4-15H,1-3H3. The van der Waals surface area contributed by atoms with Crippen LogP contribution in [-0.4, -0.2) is 4.98 Å². The smallest absolute Gasteiger partial charge is 0.0793 e. The Balaban J connectivity index is 2.07. The van der Waals surface area contributed by atoms with E-state index in [0.29, 0.717) is 0 Å². The summed E-state index contributed by atoms with van der Waals surface area (Å²) in [6.07, 6.45) is 1.96. The molecule has 0 aliphatic carbocycles. The van der Waals surface area contributed by atoms with Crippen molar-refractivity contribution >= 4 is 54.0 Å². The highest BCUT2D eigenvalue weighted by atomic mass is 14.7. The van der Waals surface area contributed by atoms with Gasteiger partial charge in [-0.2, -0.15) is 0 Å². The third kappa shape index (κ3) is 1.94. The van der Waals surface area contributed by atoms with Crippen LogP contribution in [0.15, 0.2) is 72.9 Å². The molecule has 0 aliphatic rings. The van der Waals surface area contributed by atoms with Crippen LogP contribution in [0.1, 0.15) is 26.3 Å². The number of pyridine rings is 1. The Kier molecular flexibility index (Phi) is 2.94. The summed E-state index contributed by atoms with van der Waals surface area (Å²) in [5, 5.41) is 11.8. The molecule has 0 saturated carbocycles. The highest BCUT2D eigenvalue weighted by Crippen LogP contribution is 2.45. The normalized spacial score (nSPS) is 12.8. The van der Waals surface area contributed by atoms with Gasteiger partial charge in [0.2, 0.25) is 0 Å². The second kappa shape index (κ2) is 5.20. The topological polar surface area (TPSA) is 12.9 Å². The molecule has 0 saturated heterocycles. The molecular formula is C27H21N. The number of fused-ring (bicyclic) bond motifs is 6. The Morgan fingerprint density at radius 3 is 1.71 bits per heavy atom. The van der Waals surface area contributed by atoms with Crippen molar-refractivity contribution in [3.63, 3.8) is 0 Å². The predicted molar refractivity (Wildman–Crippen MR) is 122 cm³/mol. The molecule has 28 heavy (non-hydrogen) atoms. The van der Waals surface area contributed by atoms with Crippen molar-refractivity contribution < 1.29 is 0 Å². The number of aromatic nitrogens is 1. The molecule has 0 amide bonds. The predicted octanol–water partition coefficient (Wildman–Crippen LogP) is 7.58. The van der Waals surface area contributed by atoms with Gasteiger partial charge >= 0.3 is 0 Å². The van der Waals surface area contributed by atoms with Crippen LogP contribution in [0.4, 0.5) is 0 Å². The molecule has 6 rings (SSSR count). The van der Waals surface area contributed by atoms with Crippen LogP contribution in [0.3, 0.4) is 0 Å². The first kappa shape index (κ1) is 15.8. The summed E-state index contributed by atoms with van der Waals surface area (Å²) in [5.41, 5.74) is 2.58. The summed E-state index contributed by atoms with van der Waals surface area (Å²) in [4.78, 5) is 4.84. The van der Waals surface area contributed by atoms with Gasteiger partial charge in [0.1, 0.15) is 0 Å². The van der Waals surface area contributed by atoms with E-state index in [-0.39, 0.29) is 5.41 Å². The number of hydrogen-bond acceptors (Lipinski definition) is 1. The summed E-state index contributed by atoms with van der Waals surface area (Å²) in [6, 6.07) is 24.5. The summed E-state index contributed by atoms with van der Waals surface area (Å²) in [5.74, 6) is 0. The zero-order valence-electron chi connectivity index (χ0n) is 16.4. The van der Waals surface area contributed by atoms with Gasteiger partial charge < -0.3 is 0 Å². The van der Waals surface area contributed by atoms with Crippen LogP contribution in [0.25, 0.3) is 54.0 Å². The molecule has 1 heteroatoms. The molecule has 0 atom stereocenters. The minimum absolute atomic E-state index is 0.0882. The van der Waals surface area contributed by atoms with Gasteiger partial charge in [-0.15, -0.1) is 0 Å². The van der Waals surface area contributed by atoms with Gasteiger partial charge in [0, 0.05) is 22.4 Å². The summed E-state index contributed by atoms with van der Waals surface area (Å²) in [7, 11) is 0. The first-order chi connectivity index (χ1) is 13.5. The van der Waals surface area contributed by atoms with Crippen molar-refractivity contribution in [1.82, 2.24) is 4.98 Å². The summed E-state index contributed by atoms with van der Waals surface area (Å²) < 4.78 is 0. The molecule has 0 N–H and O–H groups in total. The van der Waals surface area contributed by atoms with Crippen molar-refractivity contribution in [3.05, 3.63) is 78.5 Å². The number of benzene rings is 5. The maximum absolute atomic E-state index is 4.84. The van der Waals surface area contributed by atoms with Gasteiger partial charge in [-0.3, -0.25) is 4.98 Å². The average Bonchev–Trinajstić information content (AvgIpc) is 2.72. The molecule has 0 unspecified atom stereocenters. The molecule has 0 spiro atoms. The molecule has 5 aromatic carbocycles. The summed E-state index contributed by atoms with van der Waals surface area (Å²) in [6.45, 7) is 6.89. The second-order valence-electron chi connectivity index (χ2n) is 8.87. The highest BCUT2D eigenvalue weighted by molar-refractivity contribution is 6.39. The lowest BCUT2D eigenvalue weighted by Gasteiger charge is -2.23. The van der Waals surface area contributed by atoms with Gasteiger partial charge in [-0.25, -0.2) is 0 Å². The van der Waals surface area contributed by atoms with Crippen molar-refractivity contribution in [2.24, 2.45) is 0 Å². The molecule has 1 heterocycles. The molecule has 0 aliphatic heterocycles. The number of rotatable bonds is 0. The van der Waals surface area contributed by atoms with E-state index < -0.39 is 0 Å². The van der Waals surface area contributed by atoms with Gasteiger partial charge in [0.25, 0.3) is 0 Å². The largest absolute Gasteiger partial charge is 0.256 e. The van der Waals surface area contributed by atoms with E-state index >= 15 is 0 Å². The van der Waals surface area contributed by atoms with Crippen molar-refractivity contribution in [2.75, 3.05) is 0 Å². The number of hydrogen-bond donors (Lipinski definition) is 0. The Hall–Kier alpha value is -3.19. The lowest BCUT2D eigenvalue weighted by atomic mass is 9.81. The van der Waals surface area contributed by atoms with Gasteiger partial charge in [-0.05, 0) is 61.5 Å². The Labute approximate surface area is 163 Å². The van der Waals surface area contributed by atoms with Crippen LogP contribution < -0.4 is 0 Å². The third-order valence-electron chi connectivity index (χ3n) is 6.19. The van der Waals surface area contributed by atoms with Gasteiger partial charge in [0.05, 0.1) is 5.52 Å². The lowest BCUT2D eigenvalue weighted by Crippen LogP contribution is -2.11. The zero-order valence-corrected chi connectivity index (χ0v) is 16.4. The van der Waals surface area contributed by atoms with E-state index in [9.17, 15) is 0 Å². The van der Waals surface area contributed by atoms with Crippen LogP contribution in [0, 0.1) is 0 Å².